The number of hydrogen-bond acceptors (Lipinski definition) is 6. The highest BCUT2D eigenvalue weighted by Gasteiger charge is 2.17. The van der Waals surface area contributed by atoms with E-state index in [0.717, 1.165) is 4.47 Å². The number of H-pyrrole nitrogens is 1. The van der Waals surface area contributed by atoms with Crippen molar-refractivity contribution >= 4 is 60.0 Å². The number of hydrogen-bond donors (Lipinski definition) is 2. The smallest absolute Gasteiger partial charge is 0.311 e. The Morgan fingerprint density at radius 2 is 2.07 bits per heavy atom. The molecule has 1 aromatic heterocycles. The number of nitro benzene ring substituents is 1. The lowest BCUT2D eigenvalue weighted by molar-refractivity contribution is -0.385. The number of nitrogens with zero attached hydrogens (tertiary/aromatic N) is 3. The Kier molecular flexibility index (Phi) is 5.75. The standard InChI is InChI=1S/C17H12Br2N4O5/c1-8-2-3-13(12(4-8)23(26)27)28-7-14(24)21-22-16-10-5-9(18)6-11(19)15(10)20-17(16)25/h2-6,20,25H,7H2,1H3. The summed E-state index contributed by atoms with van der Waals surface area (Å²) in [6.45, 7) is 1.17. The van der Waals surface area contributed by atoms with Gasteiger partial charge < -0.3 is 14.8 Å². The van der Waals surface area contributed by atoms with Gasteiger partial charge in [0.25, 0.3) is 0 Å². The van der Waals surface area contributed by atoms with Crippen LogP contribution in [0.5, 0.6) is 11.6 Å². The lowest BCUT2D eigenvalue weighted by atomic mass is 10.2. The van der Waals surface area contributed by atoms with E-state index in [4.69, 9.17) is 4.74 Å². The van der Waals surface area contributed by atoms with Crippen LogP contribution in [0, 0.1) is 17.0 Å². The molecule has 0 spiro atoms. The Hall–Kier alpha value is -2.79. The van der Waals surface area contributed by atoms with Crippen molar-refractivity contribution in [3.63, 3.8) is 0 Å². The average Bonchev–Trinajstić information content (AvgIpc) is 2.94. The molecule has 11 heteroatoms. The van der Waals surface area contributed by atoms with Crippen LogP contribution in [-0.2, 0) is 4.79 Å². The number of benzene rings is 2. The zero-order valence-electron chi connectivity index (χ0n) is 14.3. The van der Waals surface area contributed by atoms with Crippen LogP contribution in [0.1, 0.15) is 5.56 Å². The molecule has 2 aromatic carbocycles. The molecule has 0 aliphatic carbocycles. The summed E-state index contributed by atoms with van der Waals surface area (Å²) in [6, 6.07) is 7.89. The fraction of sp³-hybridized carbons (Fsp3) is 0.118. The van der Waals surface area contributed by atoms with Crippen molar-refractivity contribution in [3.05, 3.63) is 55.0 Å². The second-order valence-electron chi connectivity index (χ2n) is 5.74. The molecule has 1 amide bonds. The molecule has 9 nitrogen and oxygen atoms in total. The van der Waals surface area contributed by atoms with Gasteiger partial charge in [0.05, 0.1) is 10.4 Å². The van der Waals surface area contributed by atoms with E-state index in [1.165, 1.54) is 12.1 Å². The third-order valence-electron chi connectivity index (χ3n) is 3.70. The third-order valence-corrected chi connectivity index (χ3v) is 4.78. The number of fused-ring (bicyclic) bond motifs is 1. The van der Waals surface area contributed by atoms with E-state index in [-0.39, 0.29) is 23.0 Å². The maximum atomic E-state index is 12.0. The van der Waals surface area contributed by atoms with Gasteiger partial charge in [0.15, 0.2) is 18.0 Å². The van der Waals surface area contributed by atoms with Crippen molar-refractivity contribution in [2.45, 2.75) is 6.92 Å². The Morgan fingerprint density at radius 3 is 2.79 bits per heavy atom. The molecule has 0 atom stereocenters. The van der Waals surface area contributed by atoms with E-state index in [1.807, 2.05) is 0 Å². The number of nitro groups is 1. The van der Waals surface area contributed by atoms with Crippen LogP contribution in [0.25, 0.3) is 10.9 Å². The first kappa shape index (κ1) is 20.0. The average molecular weight is 512 g/mol. The van der Waals surface area contributed by atoms with Crippen LogP contribution in [0.2, 0.25) is 0 Å². The number of aromatic hydroxyl groups is 1. The number of ether oxygens (including phenoxy) is 1. The number of aromatic nitrogens is 1. The largest absolute Gasteiger partial charge is 0.493 e. The Balaban J connectivity index is 1.78. The maximum Gasteiger partial charge on any atom is 0.311 e. The number of aryl methyl sites for hydroxylation is 1. The van der Waals surface area contributed by atoms with Gasteiger partial charge in [-0.1, -0.05) is 22.0 Å². The van der Waals surface area contributed by atoms with Crippen molar-refractivity contribution in [2.75, 3.05) is 6.61 Å². The number of carbonyl (C=O) groups excluding carboxylic acids is 1. The van der Waals surface area contributed by atoms with Crippen LogP contribution in [-0.4, -0.2) is 27.5 Å². The van der Waals surface area contributed by atoms with Crippen molar-refractivity contribution in [3.8, 4) is 11.6 Å². The monoisotopic (exact) mass is 510 g/mol. The molecular weight excluding hydrogens is 500 g/mol. The summed E-state index contributed by atoms with van der Waals surface area (Å²) in [5, 5.41) is 29.0. The lowest BCUT2D eigenvalue weighted by Gasteiger charge is -2.04. The van der Waals surface area contributed by atoms with Crippen LogP contribution in [0.4, 0.5) is 11.4 Å². The molecule has 0 bridgehead atoms. The normalized spacial score (nSPS) is 11.2. The minimum Gasteiger partial charge on any atom is -0.493 e. The van der Waals surface area contributed by atoms with Gasteiger partial charge in [0.1, 0.15) is 0 Å². The molecule has 0 aliphatic heterocycles. The summed E-state index contributed by atoms with van der Waals surface area (Å²) < 4.78 is 6.64. The van der Waals surface area contributed by atoms with Crippen molar-refractivity contribution in [1.82, 2.24) is 4.98 Å². The highest BCUT2D eigenvalue weighted by atomic mass is 79.9. The van der Waals surface area contributed by atoms with Gasteiger partial charge in [-0.15, -0.1) is 10.2 Å². The minimum atomic E-state index is -0.766. The van der Waals surface area contributed by atoms with Crippen molar-refractivity contribution < 1.29 is 19.6 Å². The van der Waals surface area contributed by atoms with Crippen LogP contribution in [0.3, 0.4) is 0 Å². The number of rotatable bonds is 5. The molecule has 0 unspecified atom stereocenters. The second-order valence-corrected chi connectivity index (χ2v) is 7.51. The van der Waals surface area contributed by atoms with E-state index in [2.05, 4.69) is 47.1 Å². The molecule has 0 radical (unpaired) electrons. The summed E-state index contributed by atoms with van der Waals surface area (Å²) >= 11 is 6.70. The molecule has 0 fully saturated rings. The van der Waals surface area contributed by atoms with Gasteiger partial charge in [-0.3, -0.25) is 14.9 Å². The summed E-state index contributed by atoms with van der Waals surface area (Å²) in [7, 11) is 0. The molecule has 0 saturated carbocycles. The topological polar surface area (TPSA) is 130 Å². The Morgan fingerprint density at radius 1 is 1.32 bits per heavy atom. The maximum absolute atomic E-state index is 12.0. The quantitative estimate of drug-likeness (QED) is 0.272. The molecule has 0 saturated heterocycles. The fourth-order valence-electron chi connectivity index (χ4n) is 2.46. The van der Waals surface area contributed by atoms with Gasteiger partial charge in [-0.2, -0.15) is 0 Å². The number of carbonyl (C=O) groups is 1. The van der Waals surface area contributed by atoms with E-state index >= 15 is 0 Å². The third kappa shape index (κ3) is 4.20. The highest BCUT2D eigenvalue weighted by molar-refractivity contribution is 9.11. The first-order chi connectivity index (χ1) is 13.3. The van der Waals surface area contributed by atoms with Gasteiger partial charge in [0, 0.05) is 20.4 Å². The first-order valence-corrected chi connectivity index (χ1v) is 9.37. The summed E-state index contributed by atoms with van der Waals surface area (Å²) in [5.41, 5.74) is 1.13. The zero-order chi connectivity index (χ0) is 20.4. The molecular formula is C17H12Br2N4O5. The predicted molar refractivity (Wildman–Crippen MR) is 108 cm³/mol. The SMILES string of the molecule is Cc1ccc(OCC(=O)N=Nc2c(O)[nH]c3c(Br)cc(Br)cc23)c([N+](=O)[O-])c1. The van der Waals surface area contributed by atoms with Crippen LogP contribution < -0.4 is 4.74 Å². The first-order valence-electron chi connectivity index (χ1n) is 7.78. The van der Waals surface area contributed by atoms with E-state index < -0.39 is 17.4 Å². The van der Waals surface area contributed by atoms with E-state index in [9.17, 15) is 20.0 Å². The molecule has 2 N–H and O–H groups in total. The molecule has 3 aromatic rings. The number of amides is 1. The van der Waals surface area contributed by atoms with Crippen molar-refractivity contribution in [2.24, 2.45) is 10.2 Å². The Labute approximate surface area is 174 Å². The van der Waals surface area contributed by atoms with Crippen LogP contribution in [0.15, 0.2) is 49.5 Å². The molecule has 3 rings (SSSR count). The number of aromatic amines is 1. The van der Waals surface area contributed by atoms with Gasteiger partial charge in [0.2, 0.25) is 5.88 Å². The van der Waals surface area contributed by atoms with E-state index in [1.54, 1.807) is 25.1 Å². The summed E-state index contributed by atoms with van der Waals surface area (Å²) in [4.78, 5) is 25.2. The summed E-state index contributed by atoms with van der Waals surface area (Å²) in [5.74, 6) is -1.06. The number of halogens is 2. The molecule has 28 heavy (non-hydrogen) atoms. The van der Waals surface area contributed by atoms with Crippen molar-refractivity contribution in [1.29, 1.82) is 0 Å². The van der Waals surface area contributed by atoms with Crippen LogP contribution >= 0.6 is 31.9 Å². The molecule has 1 heterocycles. The van der Waals surface area contributed by atoms with Gasteiger partial charge >= 0.3 is 11.6 Å². The number of nitrogens with one attached hydrogen (secondary N) is 1. The fourth-order valence-corrected chi connectivity index (χ4v) is 3.78. The Bertz CT molecular complexity index is 1130. The molecule has 144 valence electrons. The predicted octanol–water partition coefficient (Wildman–Crippen LogP) is 5.30. The highest BCUT2D eigenvalue weighted by Crippen LogP contribution is 2.40. The zero-order valence-corrected chi connectivity index (χ0v) is 17.4. The van der Waals surface area contributed by atoms with Gasteiger partial charge in [-0.05, 0) is 46.6 Å². The second kappa shape index (κ2) is 8.07. The number of azo groups is 1. The van der Waals surface area contributed by atoms with E-state index in [0.29, 0.717) is 20.9 Å². The summed E-state index contributed by atoms with van der Waals surface area (Å²) in [6.07, 6.45) is 0. The minimum absolute atomic E-state index is 0.0399. The lowest BCUT2D eigenvalue weighted by Crippen LogP contribution is -2.09. The van der Waals surface area contributed by atoms with Gasteiger partial charge in [-0.25, -0.2) is 0 Å². The molecule has 0 aliphatic rings.